The molecule has 2 rings (SSSR count). The highest BCUT2D eigenvalue weighted by molar-refractivity contribution is 7.07. The van der Waals surface area contributed by atoms with Crippen LogP contribution >= 0.6 is 11.3 Å². The number of aliphatic hydroxyl groups is 1. The van der Waals surface area contributed by atoms with E-state index in [9.17, 15) is 0 Å². The molecule has 0 aliphatic carbocycles. The third kappa shape index (κ3) is 4.54. The number of hydrogen-bond acceptors (Lipinski definition) is 5. The molecule has 102 valence electrons. The molecule has 2 aromatic rings. The fraction of sp³-hybridized carbons (Fsp3) is 0.357. The van der Waals surface area contributed by atoms with Crippen LogP contribution in [0.25, 0.3) is 0 Å². The van der Waals surface area contributed by atoms with Crippen LogP contribution in [-0.4, -0.2) is 29.3 Å². The summed E-state index contributed by atoms with van der Waals surface area (Å²) in [4.78, 5) is 4.17. The molecule has 0 amide bonds. The van der Waals surface area contributed by atoms with Crippen LogP contribution in [0, 0.1) is 0 Å². The molecule has 1 unspecified atom stereocenters. The van der Waals surface area contributed by atoms with Gasteiger partial charge in [-0.2, -0.15) is 11.3 Å². The predicted octanol–water partition coefficient (Wildman–Crippen LogP) is 2.56. The number of pyridine rings is 1. The highest BCUT2D eigenvalue weighted by atomic mass is 32.1. The average molecular weight is 278 g/mol. The Bertz CT molecular complexity index is 471. The lowest BCUT2D eigenvalue weighted by Crippen LogP contribution is -2.17. The van der Waals surface area contributed by atoms with Crippen LogP contribution in [0.1, 0.15) is 12.5 Å². The van der Waals surface area contributed by atoms with Gasteiger partial charge in [-0.05, 0) is 41.8 Å². The van der Waals surface area contributed by atoms with Gasteiger partial charge in [0.05, 0.1) is 18.5 Å². The summed E-state index contributed by atoms with van der Waals surface area (Å²) in [6, 6.07) is 6.23. The Labute approximate surface area is 117 Å². The van der Waals surface area contributed by atoms with Crippen molar-refractivity contribution in [2.75, 3.05) is 18.5 Å². The maximum Gasteiger partial charge on any atom is 0.213 e. The molecule has 1 atom stereocenters. The fourth-order valence-corrected chi connectivity index (χ4v) is 2.48. The van der Waals surface area contributed by atoms with E-state index < -0.39 is 0 Å². The first-order chi connectivity index (χ1) is 9.28. The first kappa shape index (κ1) is 13.8. The van der Waals surface area contributed by atoms with Crippen molar-refractivity contribution in [1.29, 1.82) is 0 Å². The van der Waals surface area contributed by atoms with E-state index >= 15 is 0 Å². The lowest BCUT2D eigenvalue weighted by Gasteiger charge is -2.14. The van der Waals surface area contributed by atoms with E-state index in [1.165, 1.54) is 5.56 Å². The predicted molar refractivity (Wildman–Crippen MR) is 77.9 cm³/mol. The normalized spacial score (nSPS) is 12.1. The van der Waals surface area contributed by atoms with Crippen molar-refractivity contribution in [2.45, 2.75) is 19.4 Å². The van der Waals surface area contributed by atoms with Gasteiger partial charge in [0.1, 0.15) is 6.61 Å². The molecule has 2 heterocycles. The topological polar surface area (TPSA) is 54.4 Å². The van der Waals surface area contributed by atoms with Gasteiger partial charge in [-0.15, -0.1) is 0 Å². The van der Waals surface area contributed by atoms with Crippen molar-refractivity contribution in [3.05, 3.63) is 40.7 Å². The summed E-state index contributed by atoms with van der Waals surface area (Å²) in [6.45, 7) is 2.42. The van der Waals surface area contributed by atoms with Crippen molar-refractivity contribution in [2.24, 2.45) is 0 Å². The monoisotopic (exact) mass is 278 g/mol. The number of hydrogen-bond donors (Lipinski definition) is 2. The molecule has 0 aromatic carbocycles. The number of thiophene rings is 1. The maximum atomic E-state index is 8.66. The molecule has 0 aliphatic rings. The minimum absolute atomic E-state index is 0.000638. The van der Waals surface area contributed by atoms with Gasteiger partial charge in [0.2, 0.25) is 5.88 Å². The second-order valence-electron chi connectivity index (χ2n) is 4.34. The van der Waals surface area contributed by atoms with E-state index in [2.05, 4.69) is 34.1 Å². The zero-order chi connectivity index (χ0) is 13.5. The molecule has 0 saturated carbocycles. The summed E-state index contributed by atoms with van der Waals surface area (Å²) in [5.74, 6) is 0.532. The van der Waals surface area contributed by atoms with Crippen molar-refractivity contribution < 1.29 is 9.84 Å². The van der Waals surface area contributed by atoms with Gasteiger partial charge in [0, 0.05) is 12.1 Å². The summed E-state index contributed by atoms with van der Waals surface area (Å²) in [5.41, 5.74) is 2.32. The summed E-state index contributed by atoms with van der Waals surface area (Å²) < 4.78 is 5.21. The number of ether oxygens (including phenoxy) is 1. The SMILES string of the molecule is CC(Cc1ccsc1)Nc1ccc(OCCO)nc1. The van der Waals surface area contributed by atoms with Crippen LogP contribution in [0.3, 0.4) is 0 Å². The first-order valence-electron chi connectivity index (χ1n) is 6.25. The van der Waals surface area contributed by atoms with Gasteiger partial charge >= 0.3 is 0 Å². The zero-order valence-corrected chi connectivity index (χ0v) is 11.7. The Morgan fingerprint density at radius 3 is 2.95 bits per heavy atom. The van der Waals surface area contributed by atoms with E-state index in [1.54, 1.807) is 23.6 Å². The molecular weight excluding hydrogens is 260 g/mol. The number of aliphatic hydroxyl groups excluding tert-OH is 1. The third-order valence-corrected chi connectivity index (χ3v) is 3.34. The van der Waals surface area contributed by atoms with Gasteiger partial charge in [-0.25, -0.2) is 4.98 Å². The lowest BCUT2D eigenvalue weighted by atomic mass is 10.1. The molecule has 0 bridgehead atoms. The minimum atomic E-state index is -0.000638. The number of aromatic nitrogens is 1. The maximum absolute atomic E-state index is 8.66. The van der Waals surface area contributed by atoms with E-state index in [1.807, 2.05) is 6.07 Å². The minimum Gasteiger partial charge on any atom is -0.475 e. The Morgan fingerprint density at radius 2 is 2.32 bits per heavy atom. The van der Waals surface area contributed by atoms with Crippen LogP contribution in [0.5, 0.6) is 5.88 Å². The fourth-order valence-electron chi connectivity index (χ4n) is 1.80. The molecule has 19 heavy (non-hydrogen) atoms. The van der Waals surface area contributed by atoms with Gasteiger partial charge in [-0.3, -0.25) is 0 Å². The molecule has 0 radical (unpaired) electrons. The zero-order valence-electron chi connectivity index (χ0n) is 10.9. The highest BCUT2D eigenvalue weighted by Crippen LogP contribution is 2.15. The smallest absolute Gasteiger partial charge is 0.213 e. The van der Waals surface area contributed by atoms with Crippen molar-refractivity contribution in [3.63, 3.8) is 0 Å². The summed E-state index contributed by atoms with van der Waals surface area (Å²) in [6.07, 6.45) is 2.74. The summed E-state index contributed by atoms with van der Waals surface area (Å²) in [5, 5.41) is 16.3. The van der Waals surface area contributed by atoms with Gasteiger partial charge < -0.3 is 15.2 Å². The van der Waals surface area contributed by atoms with E-state index in [-0.39, 0.29) is 13.2 Å². The molecule has 2 aromatic heterocycles. The third-order valence-electron chi connectivity index (χ3n) is 2.61. The van der Waals surface area contributed by atoms with Crippen LogP contribution in [0.4, 0.5) is 5.69 Å². The highest BCUT2D eigenvalue weighted by Gasteiger charge is 2.04. The van der Waals surface area contributed by atoms with Gasteiger partial charge in [0.15, 0.2) is 0 Å². The molecular formula is C14H18N2O2S. The number of nitrogens with one attached hydrogen (secondary N) is 1. The lowest BCUT2D eigenvalue weighted by molar-refractivity contribution is 0.196. The van der Waals surface area contributed by atoms with E-state index in [0.29, 0.717) is 11.9 Å². The molecule has 5 heteroatoms. The molecule has 0 fully saturated rings. The molecule has 2 N–H and O–H groups in total. The first-order valence-corrected chi connectivity index (χ1v) is 7.19. The number of rotatable bonds is 7. The Hall–Kier alpha value is -1.59. The largest absolute Gasteiger partial charge is 0.475 e. The number of nitrogens with zero attached hydrogens (tertiary/aromatic N) is 1. The molecule has 4 nitrogen and oxygen atoms in total. The van der Waals surface area contributed by atoms with Crippen LogP contribution in [0.2, 0.25) is 0 Å². The van der Waals surface area contributed by atoms with Crippen molar-refractivity contribution in [1.82, 2.24) is 4.98 Å². The van der Waals surface area contributed by atoms with Gasteiger partial charge in [-0.1, -0.05) is 0 Å². The second-order valence-corrected chi connectivity index (χ2v) is 5.12. The second kappa shape index (κ2) is 7.11. The number of anilines is 1. The quantitative estimate of drug-likeness (QED) is 0.817. The standard InChI is InChI=1S/C14H18N2O2S/c1-11(8-12-4-7-19-10-12)16-13-2-3-14(15-9-13)18-6-5-17/h2-4,7,9-11,16-17H,5-6,8H2,1H3. The Morgan fingerprint density at radius 1 is 1.42 bits per heavy atom. The average Bonchev–Trinajstić information content (AvgIpc) is 2.90. The van der Waals surface area contributed by atoms with Crippen molar-refractivity contribution in [3.8, 4) is 5.88 Å². The van der Waals surface area contributed by atoms with Crippen LogP contribution in [0.15, 0.2) is 35.2 Å². The van der Waals surface area contributed by atoms with Crippen LogP contribution in [-0.2, 0) is 6.42 Å². The Balaban J connectivity index is 1.84. The molecule has 0 aliphatic heterocycles. The van der Waals surface area contributed by atoms with Crippen molar-refractivity contribution >= 4 is 17.0 Å². The summed E-state index contributed by atoms with van der Waals surface area (Å²) >= 11 is 1.72. The summed E-state index contributed by atoms with van der Waals surface area (Å²) in [7, 11) is 0. The van der Waals surface area contributed by atoms with Gasteiger partial charge in [0.25, 0.3) is 0 Å². The van der Waals surface area contributed by atoms with E-state index in [0.717, 1.165) is 12.1 Å². The van der Waals surface area contributed by atoms with E-state index in [4.69, 9.17) is 9.84 Å². The Kier molecular flexibility index (Phi) is 5.18. The van der Waals surface area contributed by atoms with Crippen LogP contribution < -0.4 is 10.1 Å². The molecule has 0 spiro atoms. The molecule has 0 saturated heterocycles.